The van der Waals surface area contributed by atoms with Gasteiger partial charge in [-0.15, -0.1) is 0 Å². The third kappa shape index (κ3) is 1.03. The summed E-state index contributed by atoms with van der Waals surface area (Å²) in [6.07, 6.45) is 23.8. The molecule has 1 saturated carbocycles. The minimum Gasteiger partial charge on any atom is -0.0988 e. The highest BCUT2D eigenvalue weighted by atomic mass is 14.8. The summed E-state index contributed by atoms with van der Waals surface area (Å²) in [5.41, 5.74) is 4.91. The Hall–Kier alpha value is -1.82. The van der Waals surface area contributed by atoms with Crippen molar-refractivity contribution in [2.75, 3.05) is 0 Å². The number of hydrogen-bond donors (Lipinski definition) is 0. The molecule has 1 spiro atoms. The summed E-state index contributed by atoms with van der Waals surface area (Å²) in [6, 6.07) is 0. The Labute approximate surface area is 114 Å². The van der Waals surface area contributed by atoms with E-state index in [1.807, 2.05) is 0 Å². The van der Waals surface area contributed by atoms with Crippen LogP contribution in [-0.4, -0.2) is 0 Å². The average molecular weight is 246 g/mol. The number of rotatable bonds is 2. The molecule has 0 bridgehead atoms. The van der Waals surface area contributed by atoms with E-state index in [1.165, 1.54) is 23.1 Å². The Morgan fingerprint density at radius 3 is 3.00 bits per heavy atom. The zero-order chi connectivity index (χ0) is 13.1. The summed E-state index contributed by atoms with van der Waals surface area (Å²) < 4.78 is 0. The molecule has 4 aliphatic rings. The summed E-state index contributed by atoms with van der Waals surface area (Å²) in [6.45, 7) is 6.17. The van der Waals surface area contributed by atoms with E-state index < -0.39 is 0 Å². The van der Waals surface area contributed by atoms with E-state index in [4.69, 9.17) is 0 Å². The maximum absolute atomic E-state index is 4.07. The van der Waals surface area contributed by atoms with E-state index >= 15 is 0 Å². The van der Waals surface area contributed by atoms with Gasteiger partial charge in [0.15, 0.2) is 0 Å². The van der Waals surface area contributed by atoms with Crippen molar-refractivity contribution in [3.63, 3.8) is 0 Å². The van der Waals surface area contributed by atoms with Gasteiger partial charge in [-0.3, -0.25) is 0 Å². The van der Waals surface area contributed by atoms with E-state index in [-0.39, 0.29) is 10.8 Å². The van der Waals surface area contributed by atoms with Crippen LogP contribution in [0.15, 0.2) is 84.1 Å². The highest BCUT2D eigenvalue weighted by Crippen LogP contribution is 2.82. The van der Waals surface area contributed by atoms with E-state index in [2.05, 4.69) is 74.3 Å². The van der Waals surface area contributed by atoms with Crippen LogP contribution in [0, 0.1) is 16.7 Å². The van der Waals surface area contributed by atoms with Crippen molar-refractivity contribution in [3.8, 4) is 0 Å². The first kappa shape index (κ1) is 11.0. The normalized spacial score (nSPS) is 41.1. The Morgan fingerprint density at radius 2 is 2.21 bits per heavy atom. The fraction of sp³-hybridized carbons (Fsp3) is 0.263. The molecule has 0 aromatic carbocycles. The molecule has 0 aliphatic heterocycles. The Bertz CT molecular complexity index is 648. The predicted molar refractivity (Wildman–Crippen MR) is 80.5 cm³/mol. The lowest BCUT2D eigenvalue weighted by molar-refractivity contribution is 0.469. The van der Waals surface area contributed by atoms with Gasteiger partial charge in [0, 0.05) is 16.7 Å². The molecule has 0 N–H and O–H groups in total. The zero-order valence-corrected chi connectivity index (χ0v) is 11.3. The first-order chi connectivity index (χ1) is 9.30. The van der Waals surface area contributed by atoms with Gasteiger partial charge in [0.2, 0.25) is 0 Å². The van der Waals surface area contributed by atoms with Crippen molar-refractivity contribution in [1.29, 1.82) is 0 Å². The number of allylic oxidation sites excluding steroid dienone is 13. The Morgan fingerprint density at radius 1 is 1.32 bits per heavy atom. The molecule has 0 amide bonds. The summed E-state index contributed by atoms with van der Waals surface area (Å²) in [5, 5.41) is 0. The molecule has 4 aliphatic carbocycles. The molecule has 4 rings (SSSR count). The second-order valence-corrected chi connectivity index (χ2v) is 5.90. The van der Waals surface area contributed by atoms with Crippen LogP contribution in [-0.2, 0) is 0 Å². The van der Waals surface area contributed by atoms with Crippen LogP contribution < -0.4 is 0 Å². The Balaban J connectivity index is 2.02. The molecular formula is C19H18. The minimum atomic E-state index is 0.233. The van der Waals surface area contributed by atoms with Crippen molar-refractivity contribution in [2.24, 2.45) is 16.7 Å². The molecule has 19 heavy (non-hydrogen) atoms. The van der Waals surface area contributed by atoms with Gasteiger partial charge >= 0.3 is 0 Å². The fourth-order valence-corrected chi connectivity index (χ4v) is 4.57. The lowest BCUT2D eigenvalue weighted by atomic mass is 9.76. The third-order valence-electron chi connectivity index (χ3n) is 5.30. The first-order valence-corrected chi connectivity index (χ1v) is 7.05. The van der Waals surface area contributed by atoms with Gasteiger partial charge in [0.05, 0.1) is 0 Å². The SMILES string of the molecule is C=CC1=C(/C=C\C)C23C=CC=C4C=CC=CC1C42C3. The summed E-state index contributed by atoms with van der Waals surface area (Å²) >= 11 is 0. The highest BCUT2D eigenvalue weighted by molar-refractivity contribution is 5.67. The van der Waals surface area contributed by atoms with Gasteiger partial charge in [-0.1, -0.05) is 67.3 Å². The lowest BCUT2D eigenvalue weighted by Gasteiger charge is -2.26. The van der Waals surface area contributed by atoms with Crippen LogP contribution in [0.1, 0.15) is 13.3 Å². The number of hydrogen-bond acceptors (Lipinski definition) is 0. The van der Waals surface area contributed by atoms with Gasteiger partial charge < -0.3 is 0 Å². The predicted octanol–water partition coefficient (Wildman–Crippen LogP) is 4.67. The van der Waals surface area contributed by atoms with Crippen LogP contribution in [0.3, 0.4) is 0 Å². The van der Waals surface area contributed by atoms with Crippen molar-refractivity contribution in [3.05, 3.63) is 84.1 Å². The highest BCUT2D eigenvalue weighted by Gasteiger charge is 2.75. The van der Waals surface area contributed by atoms with E-state index in [9.17, 15) is 0 Å². The topological polar surface area (TPSA) is 0 Å². The molecule has 0 radical (unpaired) electrons. The Kier molecular flexibility index (Phi) is 1.97. The summed E-state index contributed by atoms with van der Waals surface area (Å²) in [7, 11) is 0. The molecule has 0 saturated heterocycles. The quantitative estimate of drug-likeness (QED) is 0.664. The first-order valence-electron chi connectivity index (χ1n) is 7.05. The second kappa shape index (κ2) is 3.39. The van der Waals surface area contributed by atoms with Crippen LogP contribution in [0.4, 0.5) is 0 Å². The van der Waals surface area contributed by atoms with E-state index in [0.717, 1.165) is 0 Å². The van der Waals surface area contributed by atoms with Gasteiger partial charge in [-0.25, -0.2) is 0 Å². The average Bonchev–Trinajstić information content (AvgIpc) is 3.09. The minimum absolute atomic E-state index is 0.233. The van der Waals surface area contributed by atoms with Crippen molar-refractivity contribution < 1.29 is 0 Å². The van der Waals surface area contributed by atoms with Gasteiger partial charge in [-0.2, -0.15) is 0 Å². The molecule has 0 heteroatoms. The van der Waals surface area contributed by atoms with Crippen LogP contribution in [0.5, 0.6) is 0 Å². The summed E-state index contributed by atoms with van der Waals surface area (Å²) in [4.78, 5) is 0. The van der Waals surface area contributed by atoms with Crippen LogP contribution in [0.2, 0.25) is 0 Å². The fourth-order valence-electron chi connectivity index (χ4n) is 4.57. The van der Waals surface area contributed by atoms with E-state index in [0.29, 0.717) is 5.92 Å². The zero-order valence-electron chi connectivity index (χ0n) is 11.3. The van der Waals surface area contributed by atoms with Gasteiger partial charge in [0.25, 0.3) is 0 Å². The van der Waals surface area contributed by atoms with Crippen LogP contribution in [0.25, 0.3) is 0 Å². The van der Waals surface area contributed by atoms with Crippen molar-refractivity contribution >= 4 is 0 Å². The smallest absolute Gasteiger partial charge is 0.0253 e. The molecule has 3 atom stereocenters. The molecule has 3 unspecified atom stereocenters. The van der Waals surface area contributed by atoms with Crippen molar-refractivity contribution in [2.45, 2.75) is 13.3 Å². The summed E-state index contributed by atoms with van der Waals surface area (Å²) in [5.74, 6) is 0.488. The van der Waals surface area contributed by atoms with Gasteiger partial charge in [-0.05, 0) is 30.1 Å². The van der Waals surface area contributed by atoms with Crippen LogP contribution >= 0.6 is 0 Å². The standard InChI is InChI=1S/C19H18/c1-3-8-16-15(4-2)17-11-6-5-9-14-10-7-12-18(16)13-19(14,17)18/h3-12,17H,2,13H2,1H3/b8-3-. The molecule has 0 nitrogen and oxygen atoms in total. The molecule has 0 aromatic heterocycles. The molecular weight excluding hydrogens is 228 g/mol. The lowest BCUT2D eigenvalue weighted by Crippen LogP contribution is -2.19. The molecule has 1 fully saturated rings. The van der Waals surface area contributed by atoms with Gasteiger partial charge in [0.1, 0.15) is 0 Å². The largest absolute Gasteiger partial charge is 0.0988 e. The van der Waals surface area contributed by atoms with Crippen molar-refractivity contribution in [1.82, 2.24) is 0 Å². The van der Waals surface area contributed by atoms with E-state index in [1.54, 1.807) is 0 Å². The molecule has 0 heterocycles. The monoisotopic (exact) mass is 246 g/mol. The second-order valence-electron chi connectivity index (χ2n) is 5.90. The molecule has 0 aromatic rings. The third-order valence-corrected chi connectivity index (χ3v) is 5.30. The molecule has 94 valence electrons. The maximum Gasteiger partial charge on any atom is 0.0253 e. The maximum atomic E-state index is 4.07.